The largest absolute Gasteiger partial charge is 0.418 e. The first kappa shape index (κ1) is 20.7. The van der Waals surface area contributed by atoms with E-state index in [0.29, 0.717) is 22.6 Å². The average molecular weight is 397 g/mol. The Balaban J connectivity index is 1.79. The molecule has 2 aromatic rings. The third-order valence-electron chi connectivity index (χ3n) is 6.06. The predicted molar refractivity (Wildman–Crippen MR) is 110 cm³/mol. The molecule has 1 aromatic heterocycles. The number of aryl methyl sites for hydroxylation is 1. The Morgan fingerprint density at radius 2 is 1.74 bits per heavy atom. The summed E-state index contributed by atoms with van der Waals surface area (Å²) in [4.78, 5) is 1.16. The fourth-order valence-electron chi connectivity index (χ4n) is 4.57. The number of halogens is 3. The molecule has 4 heteroatoms. The maximum Gasteiger partial charge on any atom is 0.418 e. The van der Waals surface area contributed by atoms with Gasteiger partial charge >= 0.3 is 6.18 Å². The van der Waals surface area contributed by atoms with Crippen LogP contribution in [0.5, 0.6) is 0 Å². The van der Waals surface area contributed by atoms with Gasteiger partial charge in [0.2, 0.25) is 0 Å². The van der Waals surface area contributed by atoms with E-state index in [2.05, 4.69) is 6.92 Å². The van der Waals surface area contributed by atoms with Crippen molar-refractivity contribution in [3.8, 4) is 0 Å². The van der Waals surface area contributed by atoms with Crippen molar-refractivity contribution >= 4 is 21.4 Å². The van der Waals surface area contributed by atoms with Crippen molar-refractivity contribution in [1.29, 1.82) is 0 Å². The first-order valence-corrected chi connectivity index (χ1v) is 11.4. The fraction of sp³-hybridized carbons (Fsp3) is 0.652. The lowest BCUT2D eigenvalue weighted by molar-refractivity contribution is -0.136. The normalized spacial score (nSPS) is 21.1. The van der Waals surface area contributed by atoms with Gasteiger partial charge in [0.25, 0.3) is 0 Å². The third-order valence-corrected chi connectivity index (χ3v) is 7.39. The van der Waals surface area contributed by atoms with Gasteiger partial charge in [-0.25, -0.2) is 0 Å². The molecule has 27 heavy (non-hydrogen) atoms. The summed E-state index contributed by atoms with van der Waals surface area (Å²) >= 11 is 1.40. The molecule has 1 aromatic carbocycles. The van der Waals surface area contributed by atoms with Gasteiger partial charge in [0.1, 0.15) is 0 Å². The summed E-state index contributed by atoms with van der Waals surface area (Å²) in [6.45, 7) is 4.17. The van der Waals surface area contributed by atoms with Crippen LogP contribution in [0.2, 0.25) is 0 Å². The van der Waals surface area contributed by atoms with E-state index < -0.39 is 6.18 Å². The zero-order chi connectivity index (χ0) is 19.4. The molecule has 1 aliphatic carbocycles. The molecule has 1 aliphatic rings. The Kier molecular flexibility index (Phi) is 6.88. The van der Waals surface area contributed by atoms with E-state index >= 15 is 0 Å². The first-order chi connectivity index (χ1) is 12.9. The van der Waals surface area contributed by atoms with Crippen LogP contribution in [0.15, 0.2) is 18.2 Å². The van der Waals surface area contributed by atoms with Crippen molar-refractivity contribution < 1.29 is 13.2 Å². The van der Waals surface area contributed by atoms with E-state index in [1.54, 1.807) is 6.07 Å². The van der Waals surface area contributed by atoms with E-state index in [4.69, 9.17) is 0 Å². The smallest absolute Gasteiger partial charge is 0.166 e. The van der Waals surface area contributed by atoms with Gasteiger partial charge in [-0.15, -0.1) is 11.3 Å². The van der Waals surface area contributed by atoms with Crippen LogP contribution >= 0.6 is 11.3 Å². The molecule has 1 saturated carbocycles. The molecule has 0 amide bonds. The van der Waals surface area contributed by atoms with Crippen molar-refractivity contribution in [2.75, 3.05) is 0 Å². The van der Waals surface area contributed by atoms with Crippen molar-refractivity contribution in [2.45, 2.75) is 90.1 Å². The Hall–Kier alpha value is -1.03. The third kappa shape index (κ3) is 4.88. The van der Waals surface area contributed by atoms with Crippen molar-refractivity contribution in [3.05, 3.63) is 34.2 Å². The zero-order valence-corrected chi connectivity index (χ0v) is 17.3. The van der Waals surface area contributed by atoms with Crippen molar-refractivity contribution in [1.82, 2.24) is 0 Å². The first-order valence-electron chi connectivity index (χ1n) is 10.6. The van der Waals surface area contributed by atoms with Gasteiger partial charge in [0, 0.05) is 9.58 Å². The highest BCUT2D eigenvalue weighted by Gasteiger charge is 2.36. The summed E-state index contributed by atoms with van der Waals surface area (Å²) in [6, 6.07) is 5.62. The molecule has 0 saturated heterocycles. The number of alkyl halides is 3. The van der Waals surface area contributed by atoms with Crippen LogP contribution in [0, 0.1) is 5.92 Å². The molecule has 1 heterocycles. The summed E-state index contributed by atoms with van der Waals surface area (Å²) < 4.78 is 41.7. The molecule has 3 rings (SSSR count). The minimum absolute atomic E-state index is 0.383. The van der Waals surface area contributed by atoms with Gasteiger partial charge in [-0.1, -0.05) is 58.1 Å². The lowest BCUT2D eigenvalue weighted by Crippen LogP contribution is -2.12. The Morgan fingerprint density at radius 1 is 1.00 bits per heavy atom. The van der Waals surface area contributed by atoms with Gasteiger partial charge in [-0.05, 0) is 61.0 Å². The van der Waals surface area contributed by atoms with Crippen LogP contribution < -0.4 is 0 Å². The lowest BCUT2D eigenvalue weighted by atomic mass is 9.79. The minimum atomic E-state index is -4.27. The molecule has 0 spiro atoms. The monoisotopic (exact) mass is 396 g/mol. The van der Waals surface area contributed by atoms with Crippen molar-refractivity contribution in [3.63, 3.8) is 0 Å². The van der Waals surface area contributed by atoms with E-state index in [-0.39, 0.29) is 5.56 Å². The maximum absolute atomic E-state index is 13.8. The number of unbranched alkanes of at least 4 members (excludes halogenated alkanes) is 2. The average Bonchev–Trinajstić information content (AvgIpc) is 3.05. The molecular formula is C23H31F3S. The summed E-state index contributed by atoms with van der Waals surface area (Å²) in [7, 11) is 0. The topological polar surface area (TPSA) is 0 Å². The second-order valence-corrected chi connectivity index (χ2v) is 9.21. The maximum atomic E-state index is 13.8. The molecule has 0 nitrogen and oxygen atoms in total. The van der Waals surface area contributed by atoms with Crippen LogP contribution in [0.4, 0.5) is 13.2 Å². The highest BCUT2D eigenvalue weighted by atomic mass is 32.1. The minimum Gasteiger partial charge on any atom is -0.166 e. The van der Waals surface area contributed by atoms with Gasteiger partial charge in [-0.3, -0.25) is 0 Å². The Labute approximate surface area is 165 Å². The predicted octanol–water partition coefficient (Wildman–Crippen LogP) is 8.73. The number of benzene rings is 1. The number of rotatable bonds is 7. The molecule has 0 atom stereocenters. The Morgan fingerprint density at radius 3 is 2.37 bits per heavy atom. The van der Waals surface area contributed by atoms with Gasteiger partial charge in [0.05, 0.1) is 5.56 Å². The van der Waals surface area contributed by atoms with E-state index in [1.807, 2.05) is 19.1 Å². The molecule has 0 N–H and O–H groups in total. The van der Waals surface area contributed by atoms with Crippen LogP contribution in [0.1, 0.15) is 93.6 Å². The molecular weight excluding hydrogens is 365 g/mol. The summed E-state index contributed by atoms with van der Waals surface area (Å²) in [5, 5.41) is 0.771. The quantitative estimate of drug-likeness (QED) is 0.410. The molecule has 1 fully saturated rings. The number of hydrogen-bond donors (Lipinski definition) is 0. The number of hydrogen-bond acceptors (Lipinski definition) is 1. The fourth-order valence-corrected chi connectivity index (χ4v) is 5.99. The van der Waals surface area contributed by atoms with Crippen LogP contribution in [-0.4, -0.2) is 0 Å². The highest BCUT2D eigenvalue weighted by molar-refractivity contribution is 7.19. The number of thiophene rings is 1. The van der Waals surface area contributed by atoms with E-state index in [9.17, 15) is 13.2 Å². The lowest BCUT2D eigenvalue weighted by Gasteiger charge is -2.28. The molecule has 0 radical (unpaired) electrons. The molecule has 0 unspecified atom stereocenters. The van der Waals surface area contributed by atoms with Crippen LogP contribution in [0.25, 0.3) is 10.1 Å². The zero-order valence-electron chi connectivity index (χ0n) is 16.5. The van der Waals surface area contributed by atoms with Crippen molar-refractivity contribution in [2.24, 2.45) is 5.92 Å². The summed E-state index contributed by atoms with van der Waals surface area (Å²) in [6.07, 6.45) is 6.90. The standard InChI is InChI=1S/C23H31F3S/c1-3-5-6-8-16-9-11-17(12-10-16)20-15-19-14-13-18(7-4-2)21(22(19)27-20)23(24,25)26/h13-17H,3-12H2,1-2H3. The van der Waals surface area contributed by atoms with Gasteiger partial charge in [-0.2, -0.15) is 13.2 Å². The molecule has 150 valence electrons. The molecule has 0 aliphatic heterocycles. The highest BCUT2D eigenvalue weighted by Crippen LogP contribution is 2.46. The summed E-state index contributed by atoms with van der Waals surface area (Å²) in [5.74, 6) is 1.27. The molecule has 0 bridgehead atoms. The second-order valence-electron chi connectivity index (χ2n) is 8.13. The van der Waals surface area contributed by atoms with Crippen LogP contribution in [0.3, 0.4) is 0 Å². The second kappa shape index (κ2) is 8.98. The van der Waals surface area contributed by atoms with Gasteiger partial charge < -0.3 is 0 Å². The van der Waals surface area contributed by atoms with Gasteiger partial charge in [0.15, 0.2) is 0 Å². The summed E-state index contributed by atoms with van der Waals surface area (Å²) in [5.41, 5.74) is 0.0666. The Bertz CT molecular complexity index is 736. The van der Waals surface area contributed by atoms with E-state index in [0.717, 1.165) is 35.4 Å². The SMILES string of the molecule is CCCCCC1CCC(c2cc3ccc(CCC)c(C(F)(F)F)c3s2)CC1. The number of fused-ring (bicyclic) bond motifs is 1. The van der Waals surface area contributed by atoms with E-state index in [1.165, 1.54) is 49.9 Å². The van der Waals surface area contributed by atoms with Crippen LogP contribution in [-0.2, 0) is 12.6 Å².